The molecule has 0 radical (unpaired) electrons. The minimum Gasteiger partial charge on any atom is -0.431 e. The van der Waals surface area contributed by atoms with Crippen molar-refractivity contribution >= 4 is 11.8 Å². The molecule has 0 aromatic carbocycles. The maximum Gasteiger partial charge on any atom is 0.330 e. The summed E-state index contributed by atoms with van der Waals surface area (Å²) in [4.78, 5) is 32.6. The number of aromatic nitrogens is 2. The summed E-state index contributed by atoms with van der Waals surface area (Å²) in [5, 5.41) is 13.3. The van der Waals surface area contributed by atoms with E-state index < -0.39 is 17.5 Å². The lowest BCUT2D eigenvalue weighted by Gasteiger charge is -2.15. The molecule has 21 heavy (non-hydrogen) atoms. The molecular formula is C10H10N6O4S. The van der Waals surface area contributed by atoms with Gasteiger partial charge in [-0.3, -0.25) is 14.3 Å². The third-order valence-corrected chi connectivity index (χ3v) is 3.44. The zero-order valence-corrected chi connectivity index (χ0v) is 11.4. The summed E-state index contributed by atoms with van der Waals surface area (Å²) in [6, 6.07) is 0. The molecule has 0 saturated carbocycles. The molecular weight excluding hydrogens is 300 g/mol. The Bertz CT molecular complexity index is 715. The van der Waals surface area contributed by atoms with Gasteiger partial charge in [-0.15, -0.1) is 0 Å². The Kier molecular flexibility index (Phi) is 4.89. The van der Waals surface area contributed by atoms with E-state index in [0.717, 1.165) is 0 Å². The largest absolute Gasteiger partial charge is 0.431 e. The first kappa shape index (κ1) is 15.0. The quantitative estimate of drug-likeness (QED) is 0.214. The molecule has 1 aromatic heterocycles. The van der Waals surface area contributed by atoms with Crippen LogP contribution in [0.25, 0.3) is 10.4 Å². The highest BCUT2D eigenvalue weighted by atomic mass is 32.2. The van der Waals surface area contributed by atoms with Crippen molar-refractivity contribution in [3.8, 4) is 5.40 Å². The summed E-state index contributed by atoms with van der Waals surface area (Å²) >= 11 is 0.668. The fourth-order valence-electron chi connectivity index (χ4n) is 1.96. The van der Waals surface area contributed by atoms with Gasteiger partial charge < -0.3 is 9.57 Å². The van der Waals surface area contributed by atoms with Crippen molar-refractivity contribution < 1.29 is 9.57 Å². The summed E-state index contributed by atoms with van der Waals surface area (Å²) in [6.07, 6.45) is 1.57. The van der Waals surface area contributed by atoms with Crippen LogP contribution in [-0.4, -0.2) is 22.3 Å². The first-order valence-electron chi connectivity index (χ1n) is 5.89. The van der Waals surface area contributed by atoms with Gasteiger partial charge in [-0.05, 0) is 30.1 Å². The van der Waals surface area contributed by atoms with Crippen molar-refractivity contribution in [3.63, 3.8) is 0 Å². The van der Waals surface area contributed by atoms with Crippen molar-refractivity contribution in [3.05, 3.63) is 37.5 Å². The molecule has 0 spiro atoms. The molecule has 0 bridgehead atoms. The normalized spacial score (nSPS) is 20.5. The third kappa shape index (κ3) is 3.57. The highest BCUT2D eigenvalue weighted by Gasteiger charge is 2.28. The van der Waals surface area contributed by atoms with E-state index in [-0.39, 0.29) is 17.6 Å². The van der Waals surface area contributed by atoms with Crippen molar-refractivity contribution in [2.75, 3.05) is 6.61 Å². The summed E-state index contributed by atoms with van der Waals surface area (Å²) in [6.45, 7) is 0.0818. The molecule has 1 aliphatic rings. The molecule has 1 aliphatic heterocycles. The number of thiocyanates is 1. The molecule has 1 aromatic rings. The summed E-state index contributed by atoms with van der Waals surface area (Å²) in [5.74, 6) is 0. The van der Waals surface area contributed by atoms with Crippen LogP contribution in [0.15, 0.2) is 26.0 Å². The van der Waals surface area contributed by atoms with Gasteiger partial charge in [0.15, 0.2) is 0 Å². The Balaban J connectivity index is 2.14. The van der Waals surface area contributed by atoms with Crippen LogP contribution < -0.4 is 11.2 Å². The van der Waals surface area contributed by atoms with Crippen LogP contribution in [0, 0.1) is 10.7 Å². The molecule has 1 saturated heterocycles. The molecule has 2 rings (SSSR count). The predicted octanol–water partition coefficient (Wildman–Crippen LogP) is 1.03. The molecule has 11 heteroatoms. The van der Waals surface area contributed by atoms with E-state index in [4.69, 9.17) is 15.5 Å². The highest BCUT2D eigenvalue weighted by Crippen LogP contribution is 2.27. The molecule has 110 valence electrons. The van der Waals surface area contributed by atoms with Gasteiger partial charge in [-0.2, -0.15) is 5.26 Å². The Hall–Kier alpha value is -2.41. The van der Waals surface area contributed by atoms with Crippen molar-refractivity contribution in [1.82, 2.24) is 9.55 Å². The Labute approximate surface area is 121 Å². The molecule has 0 amide bonds. The van der Waals surface area contributed by atoms with Gasteiger partial charge in [-0.1, -0.05) is 0 Å². The van der Waals surface area contributed by atoms with Crippen LogP contribution in [0.3, 0.4) is 0 Å². The second-order valence-corrected chi connectivity index (χ2v) is 4.94. The lowest BCUT2D eigenvalue weighted by atomic mass is 10.2. The summed E-state index contributed by atoms with van der Waals surface area (Å²) < 4.78 is 6.82. The predicted molar refractivity (Wildman–Crippen MR) is 71.0 cm³/mol. The second-order valence-electron chi connectivity index (χ2n) is 4.11. The fourth-order valence-corrected chi connectivity index (χ4v) is 2.37. The number of nitriles is 1. The zero-order chi connectivity index (χ0) is 15.2. The monoisotopic (exact) mass is 310 g/mol. The smallest absolute Gasteiger partial charge is 0.330 e. The van der Waals surface area contributed by atoms with Gasteiger partial charge in [-0.25, -0.2) is 4.79 Å². The minimum absolute atomic E-state index is 0.0818. The van der Waals surface area contributed by atoms with Gasteiger partial charge in [0.2, 0.25) is 0 Å². The molecule has 10 nitrogen and oxygen atoms in total. The second kappa shape index (κ2) is 6.85. The number of rotatable bonds is 5. The van der Waals surface area contributed by atoms with E-state index in [1.165, 1.54) is 10.8 Å². The first-order valence-corrected chi connectivity index (χ1v) is 6.70. The number of thioether (sulfide) groups is 1. The number of ether oxygens (including phenoxy) is 1. The van der Waals surface area contributed by atoms with E-state index in [0.29, 0.717) is 24.6 Å². The lowest BCUT2D eigenvalue weighted by Crippen LogP contribution is -2.33. The van der Waals surface area contributed by atoms with Gasteiger partial charge >= 0.3 is 5.69 Å². The third-order valence-electron chi connectivity index (χ3n) is 2.84. The number of nitrogens with one attached hydrogen (secondary N) is 1. The van der Waals surface area contributed by atoms with Crippen LogP contribution in [0.2, 0.25) is 0 Å². The van der Waals surface area contributed by atoms with E-state index in [2.05, 4.69) is 20.0 Å². The van der Waals surface area contributed by atoms with Crippen LogP contribution >= 0.6 is 11.8 Å². The maximum absolute atomic E-state index is 11.8. The summed E-state index contributed by atoms with van der Waals surface area (Å²) in [5.41, 5.74) is 6.88. The van der Waals surface area contributed by atoms with Crippen LogP contribution in [0.1, 0.15) is 19.1 Å². The molecule has 1 N–H and O–H groups in total. The lowest BCUT2D eigenvalue weighted by molar-refractivity contribution is -0.0433. The number of nitrogens with zero attached hydrogens (tertiary/aromatic N) is 5. The van der Waals surface area contributed by atoms with Gasteiger partial charge in [0.1, 0.15) is 28.4 Å². The average Bonchev–Trinajstić information content (AvgIpc) is 2.91. The SMILES string of the molecule is N#CSc1cn([C@H]2CC[C@@H](CON=[N+]=[N-])O2)c(=O)[nH]c1=O. The maximum atomic E-state index is 11.8. The van der Waals surface area contributed by atoms with Gasteiger partial charge in [0.05, 0.1) is 6.10 Å². The standard InChI is InChI=1S/C10H10N6O4S/c11-5-21-7-3-16(10(18)13-9(7)17)8-2-1-6(20-8)4-19-15-14-12/h3,6,8H,1-2,4H2,(H,13,17,18)/t6-,8+/m0/s1. The Morgan fingerprint density at radius 2 is 2.48 bits per heavy atom. The van der Waals surface area contributed by atoms with Gasteiger partial charge in [0, 0.05) is 11.1 Å². The zero-order valence-electron chi connectivity index (χ0n) is 10.6. The highest BCUT2D eigenvalue weighted by molar-refractivity contribution is 8.03. The van der Waals surface area contributed by atoms with Crippen LogP contribution in [-0.2, 0) is 9.57 Å². The Morgan fingerprint density at radius 3 is 3.19 bits per heavy atom. The number of hydrogen-bond donors (Lipinski definition) is 1. The Morgan fingerprint density at radius 1 is 1.67 bits per heavy atom. The van der Waals surface area contributed by atoms with E-state index in [1.807, 2.05) is 0 Å². The minimum atomic E-state index is -0.607. The van der Waals surface area contributed by atoms with E-state index in [9.17, 15) is 9.59 Å². The molecule has 0 unspecified atom stereocenters. The number of aromatic amines is 1. The number of hydrogen-bond acceptors (Lipinski definition) is 7. The molecule has 1 fully saturated rings. The molecule has 2 atom stereocenters. The van der Waals surface area contributed by atoms with Crippen molar-refractivity contribution in [2.24, 2.45) is 5.28 Å². The fraction of sp³-hybridized carbons (Fsp3) is 0.500. The van der Waals surface area contributed by atoms with E-state index >= 15 is 0 Å². The van der Waals surface area contributed by atoms with Crippen LogP contribution in [0.4, 0.5) is 0 Å². The van der Waals surface area contributed by atoms with E-state index in [1.54, 1.807) is 5.40 Å². The van der Waals surface area contributed by atoms with Crippen molar-refractivity contribution in [1.29, 1.82) is 5.26 Å². The topological polar surface area (TPSA) is 146 Å². The van der Waals surface area contributed by atoms with Crippen LogP contribution in [0.5, 0.6) is 0 Å². The number of H-pyrrole nitrogens is 1. The number of azide groups is 1. The molecule has 2 heterocycles. The average molecular weight is 310 g/mol. The van der Waals surface area contributed by atoms with Gasteiger partial charge in [0.25, 0.3) is 5.56 Å². The first-order chi connectivity index (χ1) is 10.2. The van der Waals surface area contributed by atoms with Crippen molar-refractivity contribution in [2.45, 2.75) is 30.1 Å². The summed E-state index contributed by atoms with van der Waals surface area (Å²) in [7, 11) is 0. The molecule has 0 aliphatic carbocycles.